The zero-order chi connectivity index (χ0) is 23.0. The number of imidazole rings is 1. The molecule has 0 spiro atoms. The smallest absolute Gasteiger partial charge is 0.305 e. The summed E-state index contributed by atoms with van der Waals surface area (Å²) in [5, 5.41) is 9.57. The Balaban J connectivity index is 1.57. The Morgan fingerprint density at radius 3 is 2.24 bits per heavy atom. The van der Waals surface area contributed by atoms with E-state index in [1.54, 1.807) is 24.7 Å². The Labute approximate surface area is 192 Å². The average molecular weight is 444 g/mol. The van der Waals surface area contributed by atoms with Gasteiger partial charge in [0.2, 0.25) is 0 Å². The van der Waals surface area contributed by atoms with Gasteiger partial charge >= 0.3 is 5.97 Å². The molecule has 1 unspecified atom stereocenters. The number of nitrogens with zero attached hydrogens (tertiary/aromatic N) is 2. The van der Waals surface area contributed by atoms with Gasteiger partial charge in [0.05, 0.1) is 24.5 Å². The fraction of sp³-hybridized carbons (Fsp3) is 0.185. The number of rotatable bonds is 10. The van der Waals surface area contributed by atoms with E-state index < -0.39 is 5.97 Å². The van der Waals surface area contributed by atoms with E-state index in [1.165, 1.54) is 12.1 Å². The molecule has 0 saturated carbocycles. The van der Waals surface area contributed by atoms with E-state index in [-0.39, 0.29) is 18.3 Å². The molecule has 33 heavy (non-hydrogen) atoms. The Kier molecular flexibility index (Phi) is 7.27. The highest BCUT2D eigenvalue weighted by Gasteiger charge is 2.24. The van der Waals surface area contributed by atoms with Gasteiger partial charge in [-0.2, -0.15) is 0 Å². The van der Waals surface area contributed by atoms with Gasteiger partial charge in [-0.15, -0.1) is 0 Å². The van der Waals surface area contributed by atoms with Crippen LogP contribution in [-0.2, 0) is 17.8 Å². The zero-order valence-electron chi connectivity index (χ0n) is 18.2. The SMILES string of the molecule is O=C(O)CC(c1cnc[nH]1)N(CCc1ccc(F)cc1)Cc1ccc(-c2ccccc2)cc1. The number of carboxylic acid groups (broad SMARTS) is 1. The predicted molar refractivity (Wildman–Crippen MR) is 126 cm³/mol. The van der Waals surface area contributed by atoms with E-state index >= 15 is 0 Å². The molecule has 4 aromatic rings. The molecule has 0 aliphatic heterocycles. The van der Waals surface area contributed by atoms with Crippen LogP contribution in [0.1, 0.15) is 29.3 Å². The molecule has 6 heteroatoms. The molecule has 3 aromatic carbocycles. The molecule has 0 amide bonds. The third kappa shape index (κ3) is 6.14. The van der Waals surface area contributed by atoms with Gasteiger partial charge in [-0.05, 0) is 40.8 Å². The van der Waals surface area contributed by atoms with E-state index in [9.17, 15) is 14.3 Å². The summed E-state index contributed by atoms with van der Waals surface area (Å²) in [5.74, 6) is -1.14. The molecule has 1 aromatic heterocycles. The Hall–Kier alpha value is -3.77. The van der Waals surface area contributed by atoms with E-state index in [2.05, 4.69) is 51.3 Å². The van der Waals surface area contributed by atoms with Crippen LogP contribution in [0.15, 0.2) is 91.4 Å². The summed E-state index contributed by atoms with van der Waals surface area (Å²) < 4.78 is 13.3. The van der Waals surface area contributed by atoms with Crippen molar-refractivity contribution in [1.82, 2.24) is 14.9 Å². The van der Waals surface area contributed by atoms with Crippen molar-refractivity contribution in [3.63, 3.8) is 0 Å². The molecule has 0 fully saturated rings. The maximum Gasteiger partial charge on any atom is 0.305 e. The zero-order valence-corrected chi connectivity index (χ0v) is 18.2. The number of aromatic amines is 1. The van der Waals surface area contributed by atoms with Gasteiger partial charge < -0.3 is 10.1 Å². The van der Waals surface area contributed by atoms with Crippen molar-refractivity contribution in [2.75, 3.05) is 6.54 Å². The van der Waals surface area contributed by atoms with Crippen molar-refractivity contribution in [3.8, 4) is 11.1 Å². The first-order valence-electron chi connectivity index (χ1n) is 10.9. The fourth-order valence-electron chi connectivity index (χ4n) is 3.99. The van der Waals surface area contributed by atoms with Crippen LogP contribution < -0.4 is 0 Å². The molecule has 0 bridgehead atoms. The summed E-state index contributed by atoms with van der Waals surface area (Å²) in [6.07, 6.45) is 3.87. The molecule has 5 nitrogen and oxygen atoms in total. The first kappa shape index (κ1) is 22.4. The maximum atomic E-state index is 13.3. The minimum absolute atomic E-state index is 0.0479. The summed E-state index contributed by atoms with van der Waals surface area (Å²) in [5.41, 5.74) is 5.13. The molecule has 1 atom stereocenters. The van der Waals surface area contributed by atoms with Crippen molar-refractivity contribution >= 4 is 5.97 Å². The van der Waals surface area contributed by atoms with Gasteiger partial charge in [-0.1, -0.05) is 66.7 Å². The number of benzene rings is 3. The third-order valence-corrected chi connectivity index (χ3v) is 5.73. The molecule has 168 valence electrons. The lowest BCUT2D eigenvalue weighted by Gasteiger charge is -2.30. The molecule has 1 heterocycles. The number of H-pyrrole nitrogens is 1. The first-order valence-corrected chi connectivity index (χ1v) is 10.9. The Morgan fingerprint density at radius 2 is 1.61 bits per heavy atom. The van der Waals surface area contributed by atoms with Gasteiger partial charge in [-0.25, -0.2) is 9.37 Å². The van der Waals surface area contributed by atoms with Crippen LogP contribution in [0.25, 0.3) is 11.1 Å². The highest BCUT2D eigenvalue weighted by Crippen LogP contribution is 2.26. The monoisotopic (exact) mass is 443 g/mol. The minimum atomic E-state index is -0.874. The van der Waals surface area contributed by atoms with Crippen LogP contribution in [0.5, 0.6) is 0 Å². The Bertz CT molecular complexity index is 1140. The van der Waals surface area contributed by atoms with Crippen LogP contribution in [0.4, 0.5) is 4.39 Å². The minimum Gasteiger partial charge on any atom is -0.481 e. The average Bonchev–Trinajstić information content (AvgIpc) is 3.37. The molecule has 0 radical (unpaired) electrons. The summed E-state index contributed by atoms with van der Waals surface area (Å²) in [4.78, 5) is 21.0. The number of hydrogen-bond acceptors (Lipinski definition) is 3. The number of aliphatic carboxylic acids is 1. The van der Waals surface area contributed by atoms with Crippen molar-refractivity contribution in [1.29, 1.82) is 0 Å². The molecule has 4 rings (SSSR count). The number of carboxylic acids is 1. The Morgan fingerprint density at radius 1 is 0.939 bits per heavy atom. The molecule has 0 saturated heterocycles. The van der Waals surface area contributed by atoms with Crippen molar-refractivity contribution in [2.45, 2.75) is 25.4 Å². The van der Waals surface area contributed by atoms with E-state index in [0.717, 1.165) is 27.9 Å². The van der Waals surface area contributed by atoms with E-state index in [4.69, 9.17) is 0 Å². The molecule has 2 N–H and O–H groups in total. The normalized spacial score (nSPS) is 12.1. The number of halogens is 1. The number of carbonyl (C=O) groups is 1. The van der Waals surface area contributed by atoms with Gasteiger partial charge in [0.15, 0.2) is 0 Å². The first-order chi connectivity index (χ1) is 16.1. The van der Waals surface area contributed by atoms with Crippen LogP contribution in [0, 0.1) is 5.82 Å². The van der Waals surface area contributed by atoms with Crippen LogP contribution in [0.3, 0.4) is 0 Å². The summed E-state index contributed by atoms with van der Waals surface area (Å²) in [6.45, 7) is 1.19. The fourth-order valence-corrected chi connectivity index (χ4v) is 3.99. The highest BCUT2D eigenvalue weighted by molar-refractivity contribution is 5.67. The van der Waals surface area contributed by atoms with Crippen LogP contribution >= 0.6 is 0 Å². The highest BCUT2D eigenvalue weighted by atomic mass is 19.1. The second-order valence-corrected chi connectivity index (χ2v) is 8.03. The van der Waals surface area contributed by atoms with E-state index in [1.807, 2.05) is 18.2 Å². The largest absolute Gasteiger partial charge is 0.481 e. The van der Waals surface area contributed by atoms with Crippen molar-refractivity contribution < 1.29 is 14.3 Å². The standard InChI is InChI=1S/C27H26FN3O2/c28-24-12-8-20(9-13-24)14-15-31(26(16-27(32)33)25-17-29-19-30-25)18-21-6-10-23(11-7-21)22-4-2-1-3-5-22/h1-13,17,19,26H,14-16,18H2,(H,29,30)(H,32,33). The maximum absolute atomic E-state index is 13.3. The lowest BCUT2D eigenvalue weighted by Crippen LogP contribution is -2.32. The topological polar surface area (TPSA) is 69.2 Å². The summed E-state index contributed by atoms with van der Waals surface area (Å²) in [6, 6.07) is 24.6. The quantitative estimate of drug-likeness (QED) is 0.341. The number of aromatic nitrogens is 2. The molecular weight excluding hydrogens is 417 g/mol. The summed E-state index contributed by atoms with van der Waals surface area (Å²) in [7, 11) is 0. The van der Waals surface area contributed by atoms with Gasteiger partial charge in [0.25, 0.3) is 0 Å². The second kappa shape index (κ2) is 10.7. The lowest BCUT2D eigenvalue weighted by molar-refractivity contribution is -0.138. The van der Waals surface area contributed by atoms with Crippen molar-refractivity contribution in [2.24, 2.45) is 0 Å². The number of hydrogen-bond donors (Lipinski definition) is 2. The molecular formula is C27H26FN3O2. The van der Waals surface area contributed by atoms with Crippen LogP contribution in [-0.4, -0.2) is 32.5 Å². The number of nitrogens with one attached hydrogen (secondary N) is 1. The van der Waals surface area contributed by atoms with Gasteiger partial charge in [0.1, 0.15) is 5.82 Å². The molecule has 0 aliphatic carbocycles. The summed E-state index contributed by atoms with van der Waals surface area (Å²) >= 11 is 0. The lowest BCUT2D eigenvalue weighted by atomic mass is 10.0. The second-order valence-electron chi connectivity index (χ2n) is 8.03. The van der Waals surface area contributed by atoms with Gasteiger partial charge in [0, 0.05) is 19.3 Å². The van der Waals surface area contributed by atoms with Crippen molar-refractivity contribution in [3.05, 3.63) is 114 Å². The third-order valence-electron chi connectivity index (χ3n) is 5.73. The van der Waals surface area contributed by atoms with Crippen LogP contribution in [0.2, 0.25) is 0 Å². The molecule has 0 aliphatic rings. The predicted octanol–water partition coefficient (Wildman–Crippen LogP) is 5.48. The van der Waals surface area contributed by atoms with E-state index in [0.29, 0.717) is 19.5 Å². The van der Waals surface area contributed by atoms with Gasteiger partial charge in [-0.3, -0.25) is 9.69 Å².